The van der Waals surface area contributed by atoms with Gasteiger partial charge in [-0.05, 0) is 71.9 Å². The Morgan fingerprint density at radius 1 is 1.17 bits per heavy atom. The number of rotatable bonds is 5. The summed E-state index contributed by atoms with van der Waals surface area (Å²) in [6, 6.07) is 6.99. The standard InChI is InChI=1S/C16H28N2/c1-12-9-8-10-13(2)14(12)11-15(17-5)16(3,4)18(6)7/h8-10,15,17H,11H2,1-7H3. The van der Waals surface area contributed by atoms with Gasteiger partial charge in [-0.3, -0.25) is 0 Å². The summed E-state index contributed by atoms with van der Waals surface area (Å²) in [4.78, 5) is 2.29. The molecule has 0 amide bonds. The van der Waals surface area contributed by atoms with Crippen molar-refractivity contribution in [3.63, 3.8) is 0 Å². The molecule has 1 atom stereocenters. The van der Waals surface area contributed by atoms with Gasteiger partial charge >= 0.3 is 0 Å². The van der Waals surface area contributed by atoms with E-state index < -0.39 is 0 Å². The highest BCUT2D eigenvalue weighted by atomic mass is 15.2. The molecule has 0 bridgehead atoms. The fourth-order valence-corrected chi connectivity index (χ4v) is 2.39. The molecule has 0 aromatic heterocycles. The van der Waals surface area contributed by atoms with Crippen LogP contribution in [0.2, 0.25) is 0 Å². The molecule has 102 valence electrons. The van der Waals surface area contributed by atoms with E-state index in [0.29, 0.717) is 6.04 Å². The van der Waals surface area contributed by atoms with E-state index in [2.05, 4.69) is 77.3 Å². The molecule has 0 fully saturated rings. The van der Waals surface area contributed by atoms with Crippen LogP contribution in [-0.2, 0) is 6.42 Å². The van der Waals surface area contributed by atoms with Crippen LogP contribution in [0.5, 0.6) is 0 Å². The molecule has 0 aliphatic carbocycles. The summed E-state index contributed by atoms with van der Waals surface area (Å²) < 4.78 is 0. The Kier molecular flexibility index (Phi) is 4.94. The number of aryl methyl sites for hydroxylation is 2. The van der Waals surface area contributed by atoms with E-state index in [1.807, 2.05) is 0 Å². The van der Waals surface area contributed by atoms with E-state index in [1.165, 1.54) is 16.7 Å². The monoisotopic (exact) mass is 248 g/mol. The maximum absolute atomic E-state index is 3.48. The number of nitrogens with zero attached hydrogens (tertiary/aromatic N) is 1. The Bertz CT molecular complexity index is 374. The normalized spacial score (nSPS) is 14.0. The van der Waals surface area contributed by atoms with Gasteiger partial charge in [0.05, 0.1) is 0 Å². The van der Waals surface area contributed by atoms with Gasteiger partial charge in [0.2, 0.25) is 0 Å². The van der Waals surface area contributed by atoms with Crippen LogP contribution in [0.15, 0.2) is 18.2 Å². The Morgan fingerprint density at radius 2 is 1.67 bits per heavy atom. The highest BCUT2D eigenvalue weighted by Gasteiger charge is 2.30. The fourth-order valence-electron chi connectivity index (χ4n) is 2.39. The Balaban J connectivity index is 3.00. The minimum absolute atomic E-state index is 0.128. The van der Waals surface area contributed by atoms with Gasteiger partial charge in [0, 0.05) is 11.6 Å². The second-order valence-corrected chi connectivity index (χ2v) is 5.96. The molecule has 1 aromatic carbocycles. The van der Waals surface area contributed by atoms with Crippen LogP contribution in [0.1, 0.15) is 30.5 Å². The number of hydrogen-bond donors (Lipinski definition) is 1. The lowest BCUT2D eigenvalue weighted by Gasteiger charge is -2.40. The van der Waals surface area contributed by atoms with Crippen molar-refractivity contribution < 1.29 is 0 Å². The summed E-state index contributed by atoms with van der Waals surface area (Å²) >= 11 is 0. The van der Waals surface area contributed by atoms with Crippen LogP contribution in [0.4, 0.5) is 0 Å². The quantitative estimate of drug-likeness (QED) is 0.862. The van der Waals surface area contributed by atoms with Crippen molar-refractivity contribution in [1.29, 1.82) is 0 Å². The first-order valence-corrected chi connectivity index (χ1v) is 6.70. The molecule has 0 aliphatic heterocycles. The van der Waals surface area contributed by atoms with Crippen molar-refractivity contribution in [2.24, 2.45) is 0 Å². The molecule has 2 heteroatoms. The van der Waals surface area contributed by atoms with Crippen LogP contribution in [-0.4, -0.2) is 37.6 Å². The number of hydrogen-bond acceptors (Lipinski definition) is 2. The van der Waals surface area contributed by atoms with Crippen LogP contribution in [0.3, 0.4) is 0 Å². The third-order valence-electron chi connectivity index (χ3n) is 4.41. The van der Waals surface area contributed by atoms with Gasteiger partial charge < -0.3 is 10.2 Å². The lowest BCUT2D eigenvalue weighted by molar-refractivity contribution is 0.141. The molecule has 1 N–H and O–H groups in total. The molecule has 0 radical (unpaired) electrons. The Labute approximate surface area is 112 Å². The number of nitrogens with one attached hydrogen (secondary N) is 1. The second-order valence-electron chi connectivity index (χ2n) is 5.96. The van der Waals surface area contributed by atoms with E-state index in [9.17, 15) is 0 Å². The summed E-state index contributed by atoms with van der Waals surface area (Å²) in [6.45, 7) is 9.00. The van der Waals surface area contributed by atoms with Gasteiger partial charge in [-0.1, -0.05) is 18.2 Å². The molecule has 0 saturated carbocycles. The molecule has 0 saturated heterocycles. The second kappa shape index (κ2) is 5.85. The van der Waals surface area contributed by atoms with Crippen LogP contribution < -0.4 is 5.32 Å². The SMILES string of the molecule is CNC(Cc1c(C)cccc1C)C(C)(C)N(C)C. The van der Waals surface area contributed by atoms with Crippen LogP contribution in [0, 0.1) is 13.8 Å². The smallest absolute Gasteiger partial charge is 0.0303 e. The summed E-state index contributed by atoms with van der Waals surface area (Å²) in [5.41, 5.74) is 4.39. The first-order chi connectivity index (χ1) is 8.30. The number of likely N-dealkylation sites (N-methyl/N-ethyl adjacent to an activating group) is 2. The molecule has 1 rings (SSSR count). The maximum atomic E-state index is 3.48. The van der Waals surface area contributed by atoms with Gasteiger partial charge in [0.25, 0.3) is 0 Å². The summed E-state index contributed by atoms with van der Waals surface area (Å²) in [5.74, 6) is 0. The van der Waals surface area contributed by atoms with E-state index in [4.69, 9.17) is 0 Å². The molecule has 0 spiro atoms. The molecule has 2 nitrogen and oxygen atoms in total. The topological polar surface area (TPSA) is 15.3 Å². The third kappa shape index (κ3) is 3.12. The zero-order valence-electron chi connectivity index (χ0n) is 13.0. The zero-order valence-corrected chi connectivity index (χ0v) is 13.0. The van der Waals surface area contributed by atoms with E-state index in [0.717, 1.165) is 6.42 Å². The van der Waals surface area contributed by atoms with Crippen LogP contribution >= 0.6 is 0 Å². The first-order valence-electron chi connectivity index (χ1n) is 6.70. The predicted octanol–water partition coefficient (Wildman–Crippen LogP) is 2.77. The van der Waals surface area contributed by atoms with Crippen molar-refractivity contribution in [2.75, 3.05) is 21.1 Å². The highest BCUT2D eigenvalue weighted by molar-refractivity contribution is 5.34. The third-order valence-corrected chi connectivity index (χ3v) is 4.41. The lowest BCUT2D eigenvalue weighted by atomic mass is 9.85. The molecule has 0 aliphatic rings. The summed E-state index contributed by atoms with van der Waals surface area (Å²) in [7, 11) is 6.35. The van der Waals surface area contributed by atoms with Gasteiger partial charge in [-0.2, -0.15) is 0 Å². The molecule has 18 heavy (non-hydrogen) atoms. The van der Waals surface area contributed by atoms with Gasteiger partial charge in [0.15, 0.2) is 0 Å². The van der Waals surface area contributed by atoms with E-state index >= 15 is 0 Å². The van der Waals surface area contributed by atoms with Crippen molar-refractivity contribution in [3.8, 4) is 0 Å². The minimum Gasteiger partial charge on any atom is -0.315 e. The van der Waals surface area contributed by atoms with E-state index in [-0.39, 0.29) is 5.54 Å². The average Bonchev–Trinajstić information content (AvgIpc) is 2.28. The largest absolute Gasteiger partial charge is 0.315 e. The van der Waals surface area contributed by atoms with Crippen molar-refractivity contribution >= 4 is 0 Å². The zero-order chi connectivity index (χ0) is 13.9. The maximum Gasteiger partial charge on any atom is 0.0303 e. The van der Waals surface area contributed by atoms with Gasteiger partial charge in [0.1, 0.15) is 0 Å². The van der Waals surface area contributed by atoms with Crippen LogP contribution in [0.25, 0.3) is 0 Å². The summed E-state index contributed by atoms with van der Waals surface area (Å²) in [5, 5.41) is 3.48. The molecular weight excluding hydrogens is 220 g/mol. The van der Waals surface area contributed by atoms with E-state index in [1.54, 1.807) is 0 Å². The molecule has 0 heterocycles. The highest BCUT2D eigenvalue weighted by Crippen LogP contribution is 2.22. The van der Waals surface area contributed by atoms with Crippen molar-refractivity contribution in [3.05, 3.63) is 34.9 Å². The van der Waals surface area contributed by atoms with Gasteiger partial charge in [-0.15, -0.1) is 0 Å². The lowest BCUT2D eigenvalue weighted by Crippen LogP contribution is -2.55. The fraction of sp³-hybridized carbons (Fsp3) is 0.625. The Morgan fingerprint density at radius 3 is 2.06 bits per heavy atom. The number of benzene rings is 1. The summed E-state index contributed by atoms with van der Waals surface area (Å²) in [6.07, 6.45) is 1.07. The first kappa shape index (κ1) is 15.2. The minimum atomic E-state index is 0.128. The van der Waals surface area contributed by atoms with Gasteiger partial charge in [-0.25, -0.2) is 0 Å². The molecule has 1 aromatic rings. The Hall–Kier alpha value is -0.860. The van der Waals surface area contributed by atoms with Crippen molar-refractivity contribution in [1.82, 2.24) is 10.2 Å². The average molecular weight is 248 g/mol. The predicted molar refractivity (Wildman–Crippen MR) is 80.2 cm³/mol. The van der Waals surface area contributed by atoms with Crippen molar-refractivity contribution in [2.45, 2.75) is 45.7 Å². The molecular formula is C16H28N2. The molecule has 1 unspecified atom stereocenters.